The summed E-state index contributed by atoms with van der Waals surface area (Å²) in [6.07, 6.45) is -2.56. The third-order valence-electron chi connectivity index (χ3n) is 1.93. The van der Waals surface area contributed by atoms with Crippen molar-refractivity contribution in [2.75, 3.05) is 0 Å². The summed E-state index contributed by atoms with van der Waals surface area (Å²) >= 11 is 2.99. The summed E-state index contributed by atoms with van der Waals surface area (Å²) in [7, 11) is 0. The van der Waals surface area contributed by atoms with E-state index in [0.29, 0.717) is 5.56 Å². The number of hydrogen-bond donors (Lipinski definition) is 1. The summed E-state index contributed by atoms with van der Waals surface area (Å²) in [4.78, 5) is 11.4. The molecule has 0 fully saturated rings. The van der Waals surface area contributed by atoms with Gasteiger partial charge in [-0.2, -0.15) is 0 Å². The standard InChI is InChI=1S/C10H10BrF2NO/c1-5(14)9(15)6-2-3-7(10(12)13)8(11)4-6/h2-5,10H,14H2,1H3. The lowest BCUT2D eigenvalue weighted by Gasteiger charge is -2.07. The summed E-state index contributed by atoms with van der Waals surface area (Å²) in [6.45, 7) is 1.55. The van der Waals surface area contributed by atoms with Crippen LogP contribution in [0, 0.1) is 0 Å². The van der Waals surface area contributed by atoms with Crippen LogP contribution in [0.15, 0.2) is 22.7 Å². The molecule has 1 aromatic carbocycles. The largest absolute Gasteiger partial charge is 0.321 e. The second-order valence-corrected chi connectivity index (χ2v) is 4.04. The minimum Gasteiger partial charge on any atom is -0.321 e. The fourth-order valence-corrected chi connectivity index (χ4v) is 1.67. The lowest BCUT2D eigenvalue weighted by Crippen LogP contribution is -2.26. The SMILES string of the molecule is CC(N)C(=O)c1ccc(C(F)F)c(Br)c1. The van der Waals surface area contributed by atoms with E-state index in [9.17, 15) is 13.6 Å². The molecule has 1 unspecified atom stereocenters. The molecule has 1 rings (SSSR count). The van der Waals surface area contributed by atoms with E-state index in [1.54, 1.807) is 6.92 Å². The molecule has 0 aliphatic carbocycles. The second-order valence-electron chi connectivity index (χ2n) is 3.19. The monoisotopic (exact) mass is 277 g/mol. The fraction of sp³-hybridized carbons (Fsp3) is 0.300. The third kappa shape index (κ3) is 2.82. The molecule has 2 N–H and O–H groups in total. The van der Waals surface area contributed by atoms with Gasteiger partial charge in [-0.15, -0.1) is 0 Å². The van der Waals surface area contributed by atoms with Crippen molar-refractivity contribution in [2.45, 2.75) is 19.4 Å². The van der Waals surface area contributed by atoms with Crippen LogP contribution in [0.5, 0.6) is 0 Å². The average Bonchev–Trinajstić information content (AvgIpc) is 2.15. The molecule has 0 aromatic heterocycles. The zero-order valence-corrected chi connectivity index (χ0v) is 9.59. The molecule has 0 spiro atoms. The van der Waals surface area contributed by atoms with E-state index >= 15 is 0 Å². The Morgan fingerprint density at radius 2 is 2.07 bits per heavy atom. The van der Waals surface area contributed by atoms with Gasteiger partial charge in [0.15, 0.2) is 5.78 Å². The molecule has 1 aromatic rings. The zero-order chi connectivity index (χ0) is 11.6. The zero-order valence-electron chi connectivity index (χ0n) is 8.01. The quantitative estimate of drug-likeness (QED) is 0.864. The van der Waals surface area contributed by atoms with Crippen LogP contribution < -0.4 is 5.73 Å². The molecule has 0 radical (unpaired) electrons. The van der Waals surface area contributed by atoms with Gasteiger partial charge in [0.25, 0.3) is 6.43 Å². The van der Waals surface area contributed by atoms with Gasteiger partial charge in [-0.3, -0.25) is 4.79 Å². The number of carbonyl (C=O) groups excluding carboxylic acids is 1. The van der Waals surface area contributed by atoms with Crippen LogP contribution in [-0.4, -0.2) is 11.8 Å². The number of benzene rings is 1. The van der Waals surface area contributed by atoms with Crippen LogP contribution in [0.25, 0.3) is 0 Å². The predicted molar refractivity (Wildman–Crippen MR) is 57.1 cm³/mol. The van der Waals surface area contributed by atoms with Crippen LogP contribution in [0.2, 0.25) is 0 Å². The molecule has 0 aliphatic heterocycles. The van der Waals surface area contributed by atoms with Crippen molar-refractivity contribution >= 4 is 21.7 Å². The minimum atomic E-state index is -2.56. The molecular weight excluding hydrogens is 268 g/mol. The number of hydrogen-bond acceptors (Lipinski definition) is 2. The van der Waals surface area contributed by atoms with Gasteiger partial charge in [-0.05, 0) is 13.0 Å². The molecule has 0 heterocycles. The summed E-state index contributed by atoms with van der Waals surface area (Å²) in [6, 6.07) is 3.32. The predicted octanol–water partition coefficient (Wildman–Crippen LogP) is 2.92. The van der Waals surface area contributed by atoms with Gasteiger partial charge in [0, 0.05) is 15.6 Å². The number of Topliss-reactive ketones (excluding diaryl/α,β-unsaturated/α-hetero) is 1. The maximum absolute atomic E-state index is 12.4. The Hall–Kier alpha value is -0.810. The molecular formula is C10H10BrF2NO. The van der Waals surface area contributed by atoms with E-state index in [-0.39, 0.29) is 15.8 Å². The molecule has 1 atom stereocenters. The normalized spacial score (nSPS) is 12.9. The van der Waals surface area contributed by atoms with Gasteiger partial charge < -0.3 is 5.73 Å². The molecule has 82 valence electrons. The van der Waals surface area contributed by atoms with E-state index in [0.717, 1.165) is 0 Å². The van der Waals surface area contributed by atoms with Gasteiger partial charge >= 0.3 is 0 Å². The number of rotatable bonds is 3. The van der Waals surface area contributed by atoms with E-state index < -0.39 is 12.5 Å². The Bertz CT molecular complexity index is 380. The van der Waals surface area contributed by atoms with Crippen molar-refractivity contribution in [3.05, 3.63) is 33.8 Å². The average molecular weight is 278 g/mol. The van der Waals surface area contributed by atoms with Crippen LogP contribution in [-0.2, 0) is 0 Å². The van der Waals surface area contributed by atoms with Crippen LogP contribution in [0.3, 0.4) is 0 Å². The molecule has 5 heteroatoms. The first-order valence-corrected chi connectivity index (χ1v) is 5.10. The van der Waals surface area contributed by atoms with Gasteiger partial charge in [-0.1, -0.05) is 28.1 Å². The molecule has 0 saturated carbocycles. The van der Waals surface area contributed by atoms with Crippen molar-refractivity contribution in [3.8, 4) is 0 Å². The molecule has 15 heavy (non-hydrogen) atoms. The van der Waals surface area contributed by atoms with Crippen molar-refractivity contribution in [2.24, 2.45) is 5.73 Å². The number of halogens is 3. The van der Waals surface area contributed by atoms with Gasteiger partial charge in [0.1, 0.15) is 0 Å². The molecule has 0 bridgehead atoms. The Labute approximate surface area is 94.6 Å². The molecule has 2 nitrogen and oxygen atoms in total. The first-order valence-electron chi connectivity index (χ1n) is 4.31. The van der Waals surface area contributed by atoms with E-state index in [4.69, 9.17) is 5.73 Å². The smallest absolute Gasteiger partial charge is 0.264 e. The van der Waals surface area contributed by atoms with Crippen molar-refractivity contribution in [1.82, 2.24) is 0 Å². The van der Waals surface area contributed by atoms with Crippen molar-refractivity contribution in [1.29, 1.82) is 0 Å². The highest BCUT2D eigenvalue weighted by Gasteiger charge is 2.15. The topological polar surface area (TPSA) is 43.1 Å². The highest BCUT2D eigenvalue weighted by molar-refractivity contribution is 9.10. The van der Waals surface area contributed by atoms with E-state index in [2.05, 4.69) is 15.9 Å². The number of ketones is 1. The van der Waals surface area contributed by atoms with Crippen LogP contribution in [0.1, 0.15) is 29.3 Å². The number of carbonyl (C=O) groups is 1. The number of alkyl halides is 2. The molecule has 0 amide bonds. The highest BCUT2D eigenvalue weighted by atomic mass is 79.9. The summed E-state index contributed by atoms with van der Waals surface area (Å²) in [5.41, 5.74) is 5.61. The van der Waals surface area contributed by atoms with Crippen LogP contribution in [0.4, 0.5) is 8.78 Å². The highest BCUT2D eigenvalue weighted by Crippen LogP contribution is 2.28. The van der Waals surface area contributed by atoms with Crippen molar-refractivity contribution < 1.29 is 13.6 Å². The van der Waals surface area contributed by atoms with Crippen molar-refractivity contribution in [3.63, 3.8) is 0 Å². The Balaban J connectivity index is 3.07. The van der Waals surface area contributed by atoms with Gasteiger partial charge in [0.2, 0.25) is 0 Å². The second kappa shape index (κ2) is 4.81. The maximum Gasteiger partial charge on any atom is 0.264 e. The van der Waals surface area contributed by atoms with Gasteiger partial charge in [0.05, 0.1) is 6.04 Å². The molecule has 0 aliphatic rings. The summed E-state index contributed by atoms with van der Waals surface area (Å²) < 4.78 is 25.0. The first-order chi connectivity index (χ1) is 6.93. The Morgan fingerprint density at radius 1 is 1.47 bits per heavy atom. The van der Waals surface area contributed by atoms with Gasteiger partial charge in [-0.25, -0.2) is 8.78 Å². The first kappa shape index (κ1) is 12.3. The maximum atomic E-state index is 12.4. The van der Waals surface area contributed by atoms with E-state index in [1.807, 2.05) is 0 Å². The lowest BCUT2D eigenvalue weighted by molar-refractivity contribution is 0.0967. The number of nitrogens with two attached hydrogens (primary N) is 1. The fourth-order valence-electron chi connectivity index (χ4n) is 1.12. The minimum absolute atomic E-state index is 0.128. The lowest BCUT2D eigenvalue weighted by atomic mass is 10.0. The van der Waals surface area contributed by atoms with Crippen LogP contribution >= 0.6 is 15.9 Å². The third-order valence-corrected chi connectivity index (χ3v) is 2.62. The Morgan fingerprint density at radius 3 is 2.47 bits per heavy atom. The summed E-state index contributed by atoms with van der Waals surface area (Å²) in [5, 5.41) is 0. The Kier molecular flexibility index (Phi) is 3.93. The van der Waals surface area contributed by atoms with E-state index in [1.165, 1.54) is 18.2 Å². The molecule has 0 saturated heterocycles. The summed E-state index contributed by atoms with van der Waals surface area (Å²) in [5.74, 6) is -0.267.